The number of aliphatic hydroxyl groups is 1. The zero-order valence-corrected chi connectivity index (χ0v) is 17.5. The van der Waals surface area contributed by atoms with Gasteiger partial charge in [-0.25, -0.2) is 19.3 Å². The van der Waals surface area contributed by atoms with Crippen LogP contribution >= 0.6 is 11.6 Å². The fourth-order valence-corrected chi connectivity index (χ4v) is 4.34. The number of halogens is 2. The Labute approximate surface area is 174 Å². The molecule has 2 heterocycles. The molecule has 1 aliphatic carbocycles. The summed E-state index contributed by atoms with van der Waals surface area (Å²) in [4.78, 5) is 13.2. The van der Waals surface area contributed by atoms with Gasteiger partial charge in [0.05, 0.1) is 34.6 Å². The number of hydrogen-bond donors (Lipinski definition) is 2. The largest absolute Gasteiger partial charge is 0.391 e. The van der Waals surface area contributed by atoms with Crippen molar-refractivity contribution >= 4 is 28.6 Å². The van der Waals surface area contributed by atoms with Crippen LogP contribution in [0.5, 0.6) is 0 Å². The number of anilines is 1. The van der Waals surface area contributed by atoms with Crippen molar-refractivity contribution in [2.75, 3.05) is 5.32 Å². The zero-order valence-electron chi connectivity index (χ0n) is 16.8. The van der Waals surface area contributed by atoms with Gasteiger partial charge in [-0.3, -0.25) is 0 Å². The molecule has 6 nitrogen and oxygen atoms in total. The van der Waals surface area contributed by atoms with Gasteiger partial charge in [-0.1, -0.05) is 24.4 Å². The second kappa shape index (κ2) is 7.88. The van der Waals surface area contributed by atoms with E-state index in [1.807, 2.05) is 31.4 Å². The van der Waals surface area contributed by atoms with Crippen LogP contribution < -0.4 is 5.32 Å². The number of aromatic nitrogens is 4. The summed E-state index contributed by atoms with van der Waals surface area (Å²) < 4.78 is 16.8. The molecule has 2 aromatic heterocycles. The van der Waals surface area contributed by atoms with Crippen LogP contribution in [0.4, 0.5) is 10.3 Å². The van der Waals surface area contributed by atoms with Gasteiger partial charge < -0.3 is 15.0 Å². The lowest BCUT2D eigenvalue weighted by atomic mass is 9.93. The molecular formula is C21H25ClFN5O. The minimum absolute atomic E-state index is 0.0954. The number of rotatable bonds is 4. The molecule has 154 valence electrons. The molecule has 1 fully saturated rings. The molecule has 8 heteroatoms. The normalized spacial score (nSPS) is 19.8. The van der Waals surface area contributed by atoms with Crippen molar-refractivity contribution in [1.29, 1.82) is 0 Å². The molecule has 0 bridgehead atoms. The van der Waals surface area contributed by atoms with E-state index in [1.165, 1.54) is 12.3 Å². The maximum Gasteiger partial charge on any atom is 0.223 e. The van der Waals surface area contributed by atoms with Gasteiger partial charge >= 0.3 is 0 Å². The molecule has 2 N–H and O–H groups in total. The fourth-order valence-electron chi connectivity index (χ4n) is 4.14. The molecule has 1 aromatic carbocycles. The fraction of sp³-hybridized carbons (Fsp3) is 0.476. The second-order valence-corrected chi connectivity index (χ2v) is 8.35. The third-order valence-electron chi connectivity index (χ3n) is 5.50. The molecule has 29 heavy (non-hydrogen) atoms. The van der Waals surface area contributed by atoms with Crippen LogP contribution in [0.3, 0.4) is 0 Å². The quantitative estimate of drug-likeness (QED) is 0.632. The number of hydrogen-bond acceptors (Lipinski definition) is 5. The predicted molar refractivity (Wildman–Crippen MR) is 113 cm³/mol. The highest BCUT2D eigenvalue weighted by atomic mass is 35.5. The highest BCUT2D eigenvalue weighted by Crippen LogP contribution is 2.32. The van der Waals surface area contributed by atoms with Gasteiger partial charge in [0.15, 0.2) is 5.82 Å². The Morgan fingerprint density at radius 3 is 2.72 bits per heavy atom. The molecule has 0 unspecified atom stereocenters. The van der Waals surface area contributed by atoms with Crippen LogP contribution in [0.25, 0.3) is 22.3 Å². The summed E-state index contributed by atoms with van der Waals surface area (Å²) in [6.07, 6.45) is 4.77. The van der Waals surface area contributed by atoms with Crippen LogP contribution in [-0.2, 0) is 0 Å². The number of fused-ring (bicyclic) bond motifs is 1. The smallest absolute Gasteiger partial charge is 0.223 e. The maximum absolute atomic E-state index is 14.8. The monoisotopic (exact) mass is 417 g/mol. The summed E-state index contributed by atoms with van der Waals surface area (Å²) in [5, 5.41) is 13.8. The molecule has 0 spiro atoms. The van der Waals surface area contributed by atoms with Gasteiger partial charge in [-0.15, -0.1) is 0 Å². The standard InChI is InChI=1S/C21H25ClFN5O/c1-11(2)28-12(3)25-20-15(23)8-13(9-17(20)28)19-14(22)10-24-21(27-19)26-16-6-4-5-7-18(16)29/h8-11,16,18,29H,4-7H2,1-3H3,(H,24,26,27)/t16-,18-/m1/s1. The van der Waals surface area contributed by atoms with E-state index >= 15 is 0 Å². The average molecular weight is 418 g/mol. The lowest BCUT2D eigenvalue weighted by molar-refractivity contribution is 0.116. The van der Waals surface area contributed by atoms with Crippen LogP contribution in [0.2, 0.25) is 5.02 Å². The van der Waals surface area contributed by atoms with E-state index in [2.05, 4.69) is 20.3 Å². The molecule has 3 aromatic rings. The number of benzene rings is 1. The molecular weight excluding hydrogens is 393 g/mol. The van der Waals surface area contributed by atoms with E-state index in [0.29, 0.717) is 33.3 Å². The molecule has 1 aliphatic rings. The van der Waals surface area contributed by atoms with E-state index in [4.69, 9.17) is 11.6 Å². The molecule has 0 aliphatic heterocycles. The van der Waals surface area contributed by atoms with Crippen molar-refractivity contribution in [1.82, 2.24) is 19.5 Å². The van der Waals surface area contributed by atoms with Crippen LogP contribution in [-0.4, -0.2) is 36.8 Å². The Morgan fingerprint density at radius 2 is 2.00 bits per heavy atom. The lowest BCUT2D eigenvalue weighted by Crippen LogP contribution is -2.36. The van der Waals surface area contributed by atoms with Crippen molar-refractivity contribution in [3.8, 4) is 11.3 Å². The summed E-state index contributed by atoms with van der Waals surface area (Å²) in [5.74, 6) is 0.727. The topological polar surface area (TPSA) is 75.9 Å². The van der Waals surface area contributed by atoms with E-state index < -0.39 is 11.9 Å². The van der Waals surface area contributed by atoms with Gasteiger partial charge in [0.2, 0.25) is 5.95 Å². The Morgan fingerprint density at radius 1 is 1.24 bits per heavy atom. The minimum Gasteiger partial charge on any atom is -0.391 e. The number of aliphatic hydroxyl groups excluding tert-OH is 1. The third-order valence-corrected chi connectivity index (χ3v) is 5.78. The van der Waals surface area contributed by atoms with Crippen molar-refractivity contribution in [2.24, 2.45) is 0 Å². The van der Waals surface area contributed by atoms with Crippen molar-refractivity contribution < 1.29 is 9.50 Å². The molecule has 1 saturated carbocycles. The third kappa shape index (κ3) is 3.81. The summed E-state index contributed by atoms with van der Waals surface area (Å²) in [7, 11) is 0. The Kier molecular flexibility index (Phi) is 5.44. The van der Waals surface area contributed by atoms with Crippen LogP contribution in [0.15, 0.2) is 18.3 Å². The summed E-state index contributed by atoms with van der Waals surface area (Å²) in [5.41, 5.74) is 2.06. The number of aryl methyl sites for hydroxylation is 1. The second-order valence-electron chi connectivity index (χ2n) is 7.94. The molecule has 0 amide bonds. The number of imidazole rings is 1. The molecule has 0 saturated heterocycles. The van der Waals surface area contributed by atoms with Gasteiger partial charge in [0.1, 0.15) is 11.3 Å². The SMILES string of the molecule is Cc1nc2c(F)cc(-c3nc(N[C@@H]4CCCC[C@H]4O)ncc3Cl)cc2n1C(C)C. The average Bonchev–Trinajstić information content (AvgIpc) is 3.02. The van der Waals surface area contributed by atoms with Gasteiger partial charge in [0, 0.05) is 11.6 Å². The Balaban J connectivity index is 1.76. The summed E-state index contributed by atoms with van der Waals surface area (Å²) >= 11 is 6.37. The Bertz CT molecular complexity index is 1050. The summed E-state index contributed by atoms with van der Waals surface area (Å²) in [6.45, 7) is 5.94. The first-order valence-corrected chi connectivity index (χ1v) is 10.4. The Hall–Kier alpha value is -2.25. The zero-order chi connectivity index (χ0) is 20.7. The first kappa shape index (κ1) is 20.0. The van der Waals surface area contributed by atoms with Gasteiger partial charge in [-0.2, -0.15) is 0 Å². The van der Waals surface area contributed by atoms with E-state index in [9.17, 15) is 9.50 Å². The van der Waals surface area contributed by atoms with Gasteiger partial charge in [0.25, 0.3) is 0 Å². The van der Waals surface area contributed by atoms with Crippen molar-refractivity contribution in [3.63, 3.8) is 0 Å². The first-order valence-electron chi connectivity index (χ1n) is 10.0. The van der Waals surface area contributed by atoms with E-state index in [0.717, 1.165) is 31.5 Å². The summed E-state index contributed by atoms with van der Waals surface area (Å²) in [6, 6.07) is 3.32. The van der Waals surface area contributed by atoms with Gasteiger partial charge in [-0.05, 0) is 45.7 Å². The minimum atomic E-state index is -0.427. The highest BCUT2D eigenvalue weighted by Gasteiger charge is 2.24. The van der Waals surface area contributed by atoms with Crippen LogP contribution in [0, 0.1) is 12.7 Å². The molecule has 2 atom stereocenters. The number of nitrogens with one attached hydrogen (secondary N) is 1. The lowest BCUT2D eigenvalue weighted by Gasteiger charge is -2.28. The number of nitrogens with zero attached hydrogens (tertiary/aromatic N) is 4. The van der Waals surface area contributed by atoms with E-state index in [1.54, 1.807) is 0 Å². The van der Waals surface area contributed by atoms with Crippen LogP contribution in [0.1, 0.15) is 51.4 Å². The first-order chi connectivity index (χ1) is 13.8. The molecule has 4 rings (SSSR count). The van der Waals surface area contributed by atoms with Crippen molar-refractivity contribution in [3.05, 3.63) is 35.0 Å². The maximum atomic E-state index is 14.8. The van der Waals surface area contributed by atoms with E-state index in [-0.39, 0.29) is 12.1 Å². The van der Waals surface area contributed by atoms with Crippen molar-refractivity contribution in [2.45, 2.75) is 64.6 Å². The highest BCUT2D eigenvalue weighted by molar-refractivity contribution is 6.33. The molecule has 0 radical (unpaired) electrons. The predicted octanol–water partition coefficient (Wildman–Crippen LogP) is 4.89.